The second-order valence-corrected chi connectivity index (χ2v) is 7.34. The monoisotopic (exact) mass is 399 g/mol. The Bertz CT molecular complexity index is 857. The Morgan fingerprint density at radius 3 is 2.18 bits per heavy atom. The van der Waals surface area contributed by atoms with Crippen LogP contribution in [0.2, 0.25) is 5.02 Å². The molecule has 0 aromatic heterocycles. The number of nitrogens with zero attached hydrogens (tertiary/aromatic N) is 1. The van der Waals surface area contributed by atoms with Crippen LogP contribution in [0.25, 0.3) is 0 Å². The van der Waals surface area contributed by atoms with Crippen molar-refractivity contribution in [2.45, 2.75) is 19.3 Å². The standard InChI is InChI=1S/C21H22ClN3O3/c22-17-5-3-16(4-6-17)21(28)25-11-9-15(10-12-25)20(27)24-18-7-1-14(2-8-18)13-19(23)26/h1-8,15H,9-13H2,(H2,23,26)(H,24,27). The van der Waals surface area contributed by atoms with Gasteiger partial charge in [-0.25, -0.2) is 0 Å². The molecule has 2 aromatic carbocycles. The molecule has 6 nitrogen and oxygen atoms in total. The van der Waals surface area contributed by atoms with E-state index in [1.165, 1.54) is 0 Å². The maximum absolute atomic E-state index is 12.5. The van der Waals surface area contributed by atoms with Gasteiger partial charge in [0, 0.05) is 35.3 Å². The molecular weight excluding hydrogens is 378 g/mol. The number of benzene rings is 2. The quantitative estimate of drug-likeness (QED) is 0.809. The lowest BCUT2D eigenvalue weighted by atomic mass is 9.95. The average molecular weight is 400 g/mol. The van der Waals surface area contributed by atoms with Crippen LogP contribution in [0.15, 0.2) is 48.5 Å². The number of halogens is 1. The summed E-state index contributed by atoms with van der Waals surface area (Å²) in [4.78, 5) is 37.8. The number of hydrogen-bond acceptors (Lipinski definition) is 3. The van der Waals surface area contributed by atoms with E-state index in [0.29, 0.717) is 42.2 Å². The number of amides is 3. The highest BCUT2D eigenvalue weighted by Gasteiger charge is 2.27. The number of hydrogen-bond donors (Lipinski definition) is 2. The Balaban J connectivity index is 1.51. The van der Waals surface area contributed by atoms with Crippen molar-refractivity contribution < 1.29 is 14.4 Å². The largest absolute Gasteiger partial charge is 0.369 e. The van der Waals surface area contributed by atoms with Gasteiger partial charge < -0.3 is 16.0 Å². The molecule has 0 atom stereocenters. The van der Waals surface area contributed by atoms with E-state index < -0.39 is 5.91 Å². The van der Waals surface area contributed by atoms with Gasteiger partial charge >= 0.3 is 0 Å². The van der Waals surface area contributed by atoms with Crippen molar-refractivity contribution in [2.24, 2.45) is 11.7 Å². The lowest BCUT2D eigenvalue weighted by Gasteiger charge is -2.31. The smallest absolute Gasteiger partial charge is 0.253 e. The van der Waals surface area contributed by atoms with E-state index >= 15 is 0 Å². The van der Waals surface area contributed by atoms with Gasteiger partial charge in [-0.05, 0) is 54.8 Å². The fourth-order valence-corrected chi connectivity index (χ4v) is 3.40. The summed E-state index contributed by atoms with van der Waals surface area (Å²) in [5.41, 5.74) is 7.26. The van der Waals surface area contributed by atoms with Gasteiger partial charge in [0.1, 0.15) is 0 Å². The molecule has 146 valence electrons. The number of likely N-dealkylation sites (tertiary alicyclic amines) is 1. The first kappa shape index (κ1) is 19.9. The van der Waals surface area contributed by atoms with Crippen molar-refractivity contribution in [3.05, 3.63) is 64.7 Å². The molecule has 0 unspecified atom stereocenters. The Kier molecular flexibility index (Phi) is 6.31. The zero-order chi connectivity index (χ0) is 20.1. The number of nitrogens with two attached hydrogens (primary N) is 1. The fourth-order valence-electron chi connectivity index (χ4n) is 3.27. The molecule has 1 fully saturated rings. The summed E-state index contributed by atoms with van der Waals surface area (Å²) in [6.45, 7) is 1.08. The normalized spacial score (nSPS) is 14.5. The van der Waals surface area contributed by atoms with E-state index in [2.05, 4.69) is 5.32 Å². The summed E-state index contributed by atoms with van der Waals surface area (Å²) in [6.07, 6.45) is 1.41. The van der Waals surface area contributed by atoms with Crippen LogP contribution in [0.1, 0.15) is 28.8 Å². The van der Waals surface area contributed by atoms with Gasteiger partial charge in [0.2, 0.25) is 11.8 Å². The van der Waals surface area contributed by atoms with Crippen molar-refractivity contribution >= 4 is 35.0 Å². The summed E-state index contributed by atoms with van der Waals surface area (Å²) >= 11 is 5.86. The van der Waals surface area contributed by atoms with Crippen molar-refractivity contribution in [1.29, 1.82) is 0 Å². The first-order chi connectivity index (χ1) is 13.4. The number of piperidine rings is 1. The van der Waals surface area contributed by atoms with E-state index in [1.54, 1.807) is 53.4 Å². The Morgan fingerprint density at radius 2 is 1.61 bits per heavy atom. The summed E-state index contributed by atoms with van der Waals surface area (Å²) < 4.78 is 0. The zero-order valence-corrected chi connectivity index (χ0v) is 16.1. The van der Waals surface area contributed by atoms with Crippen molar-refractivity contribution in [3.8, 4) is 0 Å². The number of carbonyl (C=O) groups is 3. The first-order valence-corrected chi connectivity index (χ1v) is 9.53. The second-order valence-electron chi connectivity index (χ2n) is 6.90. The first-order valence-electron chi connectivity index (χ1n) is 9.15. The summed E-state index contributed by atoms with van der Waals surface area (Å²) in [5.74, 6) is -0.627. The predicted octanol–water partition coefficient (Wildman–Crippen LogP) is 2.86. The van der Waals surface area contributed by atoms with Gasteiger partial charge in [0.05, 0.1) is 6.42 Å². The molecule has 0 saturated carbocycles. The molecule has 0 bridgehead atoms. The topological polar surface area (TPSA) is 92.5 Å². The third-order valence-corrected chi connectivity index (χ3v) is 5.10. The van der Waals surface area contributed by atoms with Gasteiger partial charge in [-0.3, -0.25) is 14.4 Å². The maximum Gasteiger partial charge on any atom is 0.253 e. The van der Waals surface area contributed by atoms with Gasteiger partial charge in [-0.2, -0.15) is 0 Å². The van der Waals surface area contributed by atoms with Gasteiger partial charge in [0.25, 0.3) is 5.91 Å². The van der Waals surface area contributed by atoms with Gasteiger partial charge in [0.15, 0.2) is 0 Å². The minimum Gasteiger partial charge on any atom is -0.369 e. The lowest BCUT2D eigenvalue weighted by molar-refractivity contribution is -0.121. The molecule has 7 heteroatoms. The molecule has 1 aliphatic heterocycles. The number of anilines is 1. The van der Waals surface area contributed by atoms with Crippen molar-refractivity contribution in [2.75, 3.05) is 18.4 Å². The molecule has 3 amide bonds. The predicted molar refractivity (Wildman–Crippen MR) is 108 cm³/mol. The van der Waals surface area contributed by atoms with E-state index in [4.69, 9.17) is 17.3 Å². The molecular formula is C21H22ClN3O3. The van der Waals surface area contributed by atoms with Crippen LogP contribution >= 0.6 is 11.6 Å². The molecule has 2 aromatic rings. The van der Waals surface area contributed by atoms with Crippen LogP contribution in [-0.4, -0.2) is 35.7 Å². The fraction of sp³-hybridized carbons (Fsp3) is 0.286. The summed E-state index contributed by atoms with van der Waals surface area (Å²) in [5, 5.41) is 3.49. The summed E-state index contributed by atoms with van der Waals surface area (Å²) in [7, 11) is 0. The molecule has 0 aliphatic carbocycles. The van der Waals surface area contributed by atoms with Crippen LogP contribution in [-0.2, 0) is 16.0 Å². The number of nitrogens with one attached hydrogen (secondary N) is 1. The van der Waals surface area contributed by atoms with Crippen LogP contribution in [0.4, 0.5) is 5.69 Å². The molecule has 3 N–H and O–H groups in total. The van der Waals surface area contributed by atoms with E-state index in [1.807, 2.05) is 0 Å². The molecule has 0 radical (unpaired) electrons. The third-order valence-electron chi connectivity index (χ3n) is 4.84. The van der Waals surface area contributed by atoms with E-state index in [9.17, 15) is 14.4 Å². The van der Waals surface area contributed by atoms with Gasteiger partial charge in [-0.15, -0.1) is 0 Å². The molecule has 1 saturated heterocycles. The van der Waals surface area contributed by atoms with Gasteiger partial charge in [-0.1, -0.05) is 23.7 Å². The third kappa shape index (κ3) is 5.10. The highest BCUT2D eigenvalue weighted by atomic mass is 35.5. The number of carbonyl (C=O) groups excluding carboxylic acids is 3. The molecule has 3 rings (SSSR count). The molecule has 1 heterocycles. The van der Waals surface area contributed by atoms with Crippen LogP contribution < -0.4 is 11.1 Å². The summed E-state index contributed by atoms with van der Waals surface area (Å²) in [6, 6.07) is 13.9. The Hall–Kier alpha value is -2.86. The number of rotatable bonds is 5. The van der Waals surface area contributed by atoms with Crippen LogP contribution in [0, 0.1) is 5.92 Å². The SMILES string of the molecule is NC(=O)Cc1ccc(NC(=O)C2CCN(C(=O)c3ccc(Cl)cc3)CC2)cc1. The van der Waals surface area contributed by atoms with E-state index in [-0.39, 0.29) is 24.2 Å². The second kappa shape index (κ2) is 8.89. The van der Waals surface area contributed by atoms with E-state index in [0.717, 1.165) is 5.56 Å². The maximum atomic E-state index is 12.5. The molecule has 0 spiro atoms. The van der Waals surface area contributed by atoms with Crippen LogP contribution in [0.3, 0.4) is 0 Å². The average Bonchev–Trinajstić information content (AvgIpc) is 2.69. The minimum absolute atomic E-state index is 0.0411. The molecule has 1 aliphatic rings. The minimum atomic E-state index is -0.392. The Morgan fingerprint density at radius 1 is 1.00 bits per heavy atom. The van der Waals surface area contributed by atoms with Crippen molar-refractivity contribution in [1.82, 2.24) is 4.90 Å². The Labute approximate surface area is 168 Å². The molecule has 28 heavy (non-hydrogen) atoms. The lowest BCUT2D eigenvalue weighted by Crippen LogP contribution is -2.41. The highest BCUT2D eigenvalue weighted by molar-refractivity contribution is 6.30. The van der Waals surface area contributed by atoms with Crippen molar-refractivity contribution in [3.63, 3.8) is 0 Å². The zero-order valence-electron chi connectivity index (χ0n) is 15.4. The number of primary amides is 1. The van der Waals surface area contributed by atoms with Crippen LogP contribution in [0.5, 0.6) is 0 Å². The highest BCUT2D eigenvalue weighted by Crippen LogP contribution is 2.22.